The molecule has 2 fully saturated rings. The molecule has 20 heavy (non-hydrogen) atoms. The minimum atomic E-state index is 0.275. The lowest BCUT2D eigenvalue weighted by atomic mass is 9.86. The van der Waals surface area contributed by atoms with Gasteiger partial charge in [-0.25, -0.2) is 4.98 Å². The molecule has 112 valence electrons. The number of nitrogens with zero attached hydrogens (tertiary/aromatic N) is 4. The fourth-order valence-corrected chi connectivity index (χ4v) is 3.56. The van der Waals surface area contributed by atoms with Crippen molar-refractivity contribution in [3.63, 3.8) is 0 Å². The Morgan fingerprint density at radius 2 is 2.10 bits per heavy atom. The minimum absolute atomic E-state index is 0.275. The Morgan fingerprint density at radius 1 is 1.35 bits per heavy atom. The Morgan fingerprint density at radius 3 is 2.65 bits per heavy atom. The SMILES string of the molecule is CCC1(CC)CNC(C2CC2)CN1Cc1ncnn1C. The van der Waals surface area contributed by atoms with Crippen LogP contribution in [0.4, 0.5) is 0 Å². The van der Waals surface area contributed by atoms with E-state index in [1.807, 2.05) is 11.7 Å². The van der Waals surface area contributed by atoms with Crippen molar-refractivity contribution < 1.29 is 0 Å². The first kappa shape index (κ1) is 14.0. The second-order valence-corrected chi connectivity index (χ2v) is 6.44. The zero-order valence-electron chi connectivity index (χ0n) is 13.0. The van der Waals surface area contributed by atoms with Crippen LogP contribution in [0.1, 0.15) is 45.4 Å². The molecule has 1 N–H and O–H groups in total. The van der Waals surface area contributed by atoms with Crippen molar-refractivity contribution >= 4 is 0 Å². The van der Waals surface area contributed by atoms with E-state index in [2.05, 4.69) is 34.1 Å². The normalized spacial score (nSPS) is 26.9. The quantitative estimate of drug-likeness (QED) is 0.887. The summed E-state index contributed by atoms with van der Waals surface area (Å²) in [6.45, 7) is 7.81. The van der Waals surface area contributed by atoms with Crippen LogP contribution in [0.3, 0.4) is 0 Å². The summed E-state index contributed by atoms with van der Waals surface area (Å²) in [5.41, 5.74) is 0.275. The highest BCUT2D eigenvalue weighted by molar-refractivity contribution is 5.02. The Bertz CT molecular complexity index is 447. The largest absolute Gasteiger partial charge is 0.311 e. The van der Waals surface area contributed by atoms with Crippen molar-refractivity contribution in [3.05, 3.63) is 12.2 Å². The zero-order valence-corrected chi connectivity index (χ0v) is 13.0. The average Bonchev–Trinajstić information content (AvgIpc) is 3.24. The second-order valence-electron chi connectivity index (χ2n) is 6.44. The zero-order chi connectivity index (χ0) is 14.2. The van der Waals surface area contributed by atoms with Crippen LogP contribution in [-0.2, 0) is 13.6 Å². The number of rotatable bonds is 5. The molecule has 0 aromatic carbocycles. The van der Waals surface area contributed by atoms with Crippen LogP contribution < -0.4 is 5.32 Å². The van der Waals surface area contributed by atoms with Crippen molar-refractivity contribution in [2.24, 2.45) is 13.0 Å². The number of aryl methyl sites for hydroxylation is 1. The Labute approximate surface area is 121 Å². The van der Waals surface area contributed by atoms with E-state index in [0.29, 0.717) is 6.04 Å². The topological polar surface area (TPSA) is 46.0 Å². The first-order chi connectivity index (χ1) is 9.68. The maximum Gasteiger partial charge on any atom is 0.140 e. The van der Waals surface area contributed by atoms with E-state index in [4.69, 9.17) is 0 Å². The van der Waals surface area contributed by atoms with E-state index in [0.717, 1.165) is 31.4 Å². The summed E-state index contributed by atoms with van der Waals surface area (Å²) in [6, 6.07) is 0.675. The van der Waals surface area contributed by atoms with E-state index in [1.54, 1.807) is 6.33 Å². The molecular formula is C15H27N5. The first-order valence-corrected chi connectivity index (χ1v) is 8.00. The van der Waals surface area contributed by atoms with Crippen LogP contribution in [0.15, 0.2) is 6.33 Å². The lowest BCUT2D eigenvalue weighted by molar-refractivity contribution is 0.0175. The smallest absolute Gasteiger partial charge is 0.140 e. The Hall–Kier alpha value is -0.940. The summed E-state index contributed by atoms with van der Waals surface area (Å²) < 4.78 is 1.91. The van der Waals surface area contributed by atoms with Crippen molar-refractivity contribution in [3.8, 4) is 0 Å². The lowest BCUT2D eigenvalue weighted by Gasteiger charge is -2.49. The molecule has 1 unspecified atom stereocenters. The van der Waals surface area contributed by atoms with Crippen LogP contribution in [0.5, 0.6) is 0 Å². The van der Waals surface area contributed by atoms with Gasteiger partial charge in [0.15, 0.2) is 0 Å². The molecule has 1 saturated heterocycles. The van der Waals surface area contributed by atoms with Gasteiger partial charge in [0.1, 0.15) is 12.2 Å². The molecule has 2 heterocycles. The van der Waals surface area contributed by atoms with Gasteiger partial charge in [-0.05, 0) is 31.6 Å². The third-order valence-corrected chi connectivity index (χ3v) is 5.43. The number of aromatic nitrogens is 3. The molecule has 3 rings (SSSR count). The molecule has 1 saturated carbocycles. The van der Waals surface area contributed by atoms with Gasteiger partial charge in [0.2, 0.25) is 0 Å². The standard InChI is InChI=1S/C15H27N5/c1-4-15(5-2)10-16-13(12-6-7-12)8-20(15)9-14-17-11-18-19(14)3/h11-13,16H,4-10H2,1-3H3. The van der Waals surface area contributed by atoms with Gasteiger partial charge >= 0.3 is 0 Å². The Balaban J connectivity index is 1.78. The molecular weight excluding hydrogens is 250 g/mol. The summed E-state index contributed by atoms with van der Waals surface area (Å²) in [5, 5.41) is 8.02. The molecule has 1 atom stereocenters. The summed E-state index contributed by atoms with van der Waals surface area (Å²) in [7, 11) is 1.99. The summed E-state index contributed by atoms with van der Waals surface area (Å²) >= 11 is 0. The van der Waals surface area contributed by atoms with Crippen molar-refractivity contribution in [1.82, 2.24) is 25.0 Å². The molecule has 0 spiro atoms. The van der Waals surface area contributed by atoms with Crippen LogP contribution in [0.2, 0.25) is 0 Å². The highest BCUT2D eigenvalue weighted by atomic mass is 15.4. The third-order valence-electron chi connectivity index (χ3n) is 5.43. The second kappa shape index (κ2) is 5.45. The molecule has 1 aromatic rings. The first-order valence-electron chi connectivity index (χ1n) is 8.00. The van der Waals surface area contributed by atoms with E-state index in [-0.39, 0.29) is 5.54 Å². The number of nitrogens with one attached hydrogen (secondary N) is 1. The molecule has 5 heteroatoms. The lowest BCUT2D eigenvalue weighted by Crippen LogP contribution is -2.64. The molecule has 0 bridgehead atoms. The molecule has 0 radical (unpaired) electrons. The van der Waals surface area contributed by atoms with Gasteiger partial charge < -0.3 is 5.32 Å². The predicted octanol–water partition coefficient (Wildman–Crippen LogP) is 1.56. The van der Waals surface area contributed by atoms with Crippen LogP contribution in [0, 0.1) is 5.92 Å². The van der Waals surface area contributed by atoms with Crippen molar-refractivity contribution in [1.29, 1.82) is 0 Å². The van der Waals surface area contributed by atoms with Crippen molar-refractivity contribution in [2.45, 2.75) is 57.7 Å². The van der Waals surface area contributed by atoms with Gasteiger partial charge in [0.25, 0.3) is 0 Å². The van der Waals surface area contributed by atoms with Crippen molar-refractivity contribution in [2.75, 3.05) is 13.1 Å². The summed E-state index contributed by atoms with van der Waals surface area (Å²) in [5.74, 6) is 1.98. The van der Waals surface area contributed by atoms with E-state index in [9.17, 15) is 0 Å². The number of hydrogen-bond acceptors (Lipinski definition) is 4. The van der Waals surface area contributed by atoms with Gasteiger partial charge in [-0.15, -0.1) is 0 Å². The predicted molar refractivity (Wildman–Crippen MR) is 79.2 cm³/mol. The third kappa shape index (κ3) is 2.49. The Kier molecular flexibility index (Phi) is 3.82. The maximum absolute atomic E-state index is 4.42. The highest BCUT2D eigenvalue weighted by Crippen LogP contribution is 2.37. The molecule has 2 aliphatic rings. The van der Waals surface area contributed by atoms with E-state index < -0.39 is 0 Å². The van der Waals surface area contributed by atoms with Crippen LogP contribution in [0.25, 0.3) is 0 Å². The molecule has 1 aromatic heterocycles. The minimum Gasteiger partial charge on any atom is -0.311 e. The van der Waals surface area contributed by atoms with Gasteiger partial charge in [-0.3, -0.25) is 9.58 Å². The highest BCUT2D eigenvalue weighted by Gasteiger charge is 2.43. The van der Waals surface area contributed by atoms with Gasteiger partial charge in [0.05, 0.1) is 6.54 Å². The summed E-state index contributed by atoms with van der Waals surface area (Å²) in [4.78, 5) is 7.08. The van der Waals surface area contributed by atoms with Crippen LogP contribution in [-0.4, -0.2) is 44.3 Å². The fraction of sp³-hybridized carbons (Fsp3) is 0.867. The van der Waals surface area contributed by atoms with E-state index >= 15 is 0 Å². The maximum atomic E-state index is 4.42. The molecule has 1 aliphatic heterocycles. The number of hydrogen-bond donors (Lipinski definition) is 1. The fourth-order valence-electron chi connectivity index (χ4n) is 3.56. The average molecular weight is 277 g/mol. The molecule has 5 nitrogen and oxygen atoms in total. The monoisotopic (exact) mass is 277 g/mol. The summed E-state index contributed by atoms with van der Waals surface area (Å²) in [6.07, 6.45) is 6.84. The van der Waals surface area contributed by atoms with Crippen LogP contribution >= 0.6 is 0 Å². The number of piperazine rings is 1. The molecule has 1 aliphatic carbocycles. The van der Waals surface area contributed by atoms with Gasteiger partial charge in [0, 0.05) is 31.7 Å². The van der Waals surface area contributed by atoms with E-state index in [1.165, 1.54) is 25.7 Å². The van der Waals surface area contributed by atoms with Gasteiger partial charge in [-0.2, -0.15) is 5.10 Å². The molecule has 0 amide bonds. The van der Waals surface area contributed by atoms with Gasteiger partial charge in [-0.1, -0.05) is 13.8 Å².